The number of carboxylic acids is 1. The van der Waals surface area contributed by atoms with Gasteiger partial charge in [0.25, 0.3) is 0 Å². The third kappa shape index (κ3) is 3.42. The molecule has 2 heterocycles. The van der Waals surface area contributed by atoms with Crippen LogP contribution in [0, 0.1) is 5.92 Å². The van der Waals surface area contributed by atoms with Gasteiger partial charge in [-0.2, -0.15) is 0 Å². The van der Waals surface area contributed by atoms with Gasteiger partial charge in [0, 0.05) is 23.7 Å². The second-order valence-electron chi connectivity index (χ2n) is 5.95. The van der Waals surface area contributed by atoms with Crippen LogP contribution < -0.4 is 4.74 Å². The number of hydrogen-bond donors (Lipinski definition) is 1. The van der Waals surface area contributed by atoms with E-state index in [9.17, 15) is 9.90 Å². The molecular formula is C18H20ClNO4. The average Bonchev–Trinajstić information content (AvgIpc) is 3.10. The third-order valence-corrected chi connectivity index (χ3v) is 4.78. The Balaban J connectivity index is 1.94. The van der Waals surface area contributed by atoms with Crippen molar-refractivity contribution < 1.29 is 19.1 Å². The lowest BCUT2D eigenvalue weighted by molar-refractivity contribution is -0.143. The maximum Gasteiger partial charge on any atom is 0.306 e. The molecule has 0 aliphatic carbocycles. The molecule has 3 rings (SSSR count). The van der Waals surface area contributed by atoms with Crippen LogP contribution in [-0.4, -0.2) is 36.2 Å². The molecule has 0 radical (unpaired) electrons. The molecule has 6 heteroatoms. The number of rotatable bonds is 5. The van der Waals surface area contributed by atoms with Crippen molar-refractivity contribution in [2.75, 3.05) is 20.2 Å². The molecule has 0 saturated carbocycles. The van der Waals surface area contributed by atoms with Crippen molar-refractivity contribution in [2.45, 2.75) is 18.9 Å². The smallest absolute Gasteiger partial charge is 0.306 e. The van der Waals surface area contributed by atoms with Crippen molar-refractivity contribution in [3.8, 4) is 5.75 Å². The van der Waals surface area contributed by atoms with E-state index in [0.29, 0.717) is 31.0 Å². The molecule has 1 atom stereocenters. The maximum atomic E-state index is 11.2. The minimum absolute atomic E-state index is 0.150. The van der Waals surface area contributed by atoms with E-state index in [1.165, 1.54) is 0 Å². The van der Waals surface area contributed by atoms with Crippen molar-refractivity contribution in [1.82, 2.24) is 4.90 Å². The predicted octanol–water partition coefficient (Wildman–Crippen LogP) is 3.83. The number of halogens is 1. The van der Waals surface area contributed by atoms with Crippen LogP contribution in [0.25, 0.3) is 0 Å². The summed E-state index contributed by atoms with van der Waals surface area (Å²) in [6.07, 6.45) is 2.88. The zero-order valence-electron chi connectivity index (χ0n) is 13.4. The molecule has 1 saturated heterocycles. The van der Waals surface area contributed by atoms with Gasteiger partial charge in [0.1, 0.15) is 11.5 Å². The summed E-state index contributed by atoms with van der Waals surface area (Å²) in [5, 5.41) is 9.84. The van der Waals surface area contributed by atoms with E-state index in [4.69, 9.17) is 20.8 Å². The molecule has 0 amide bonds. The average molecular weight is 350 g/mol. The van der Waals surface area contributed by atoms with E-state index in [2.05, 4.69) is 4.90 Å². The fourth-order valence-corrected chi connectivity index (χ4v) is 3.48. The number of piperidine rings is 1. The lowest BCUT2D eigenvalue weighted by Gasteiger charge is -2.36. The molecule has 1 N–H and O–H groups in total. The quantitative estimate of drug-likeness (QED) is 0.888. The van der Waals surface area contributed by atoms with Crippen molar-refractivity contribution in [3.05, 3.63) is 52.9 Å². The summed E-state index contributed by atoms with van der Waals surface area (Å²) in [6, 6.07) is 9.15. The second kappa shape index (κ2) is 7.28. The zero-order valence-corrected chi connectivity index (χ0v) is 14.2. The summed E-state index contributed by atoms with van der Waals surface area (Å²) in [5.74, 6) is 0.537. The van der Waals surface area contributed by atoms with Crippen LogP contribution in [0.1, 0.15) is 30.2 Å². The van der Waals surface area contributed by atoms with Gasteiger partial charge in [0.15, 0.2) is 0 Å². The number of likely N-dealkylation sites (tertiary alicyclic amines) is 1. The fourth-order valence-electron chi connectivity index (χ4n) is 3.30. The molecule has 24 heavy (non-hydrogen) atoms. The Kier molecular flexibility index (Phi) is 5.11. The summed E-state index contributed by atoms with van der Waals surface area (Å²) in [4.78, 5) is 13.4. The molecule has 1 aromatic heterocycles. The number of carbonyl (C=O) groups is 1. The van der Waals surface area contributed by atoms with Gasteiger partial charge in [-0.05, 0) is 43.2 Å². The van der Waals surface area contributed by atoms with E-state index < -0.39 is 5.97 Å². The SMILES string of the molecule is COc1ccc(Cl)cc1C(c1ccco1)N1CCC(C(=O)O)CC1. The molecular weight excluding hydrogens is 330 g/mol. The highest BCUT2D eigenvalue weighted by Gasteiger charge is 2.33. The van der Waals surface area contributed by atoms with Crippen molar-refractivity contribution in [3.63, 3.8) is 0 Å². The number of carboxylic acid groups (broad SMARTS) is 1. The Hall–Kier alpha value is -1.98. The highest BCUT2D eigenvalue weighted by Crippen LogP contribution is 2.38. The first-order valence-corrected chi connectivity index (χ1v) is 8.31. The summed E-state index contributed by atoms with van der Waals surface area (Å²) in [6.45, 7) is 1.36. The fraction of sp³-hybridized carbons (Fsp3) is 0.389. The maximum absolute atomic E-state index is 11.2. The molecule has 1 aliphatic rings. The van der Waals surface area contributed by atoms with E-state index in [1.807, 2.05) is 24.3 Å². The van der Waals surface area contributed by atoms with Crippen LogP contribution in [0.2, 0.25) is 5.02 Å². The van der Waals surface area contributed by atoms with Gasteiger partial charge in [-0.1, -0.05) is 11.6 Å². The molecule has 0 spiro atoms. The van der Waals surface area contributed by atoms with Gasteiger partial charge in [-0.25, -0.2) is 0 Å². The van der Waals surface area contributed by atoms with Crippen molar-refractivity contribution in [1.29, 1.82) is 0 Å². The lowest BCUT2D eigenvalue weighted by atomic mass is 9.93. The number of aliphatic carboxylic acids is 1. The molecule has 1 aliphatic heterocycles. The summed E-state index contributed by atoms with van der Waals surface area (Å²) < 4.78 is 11.2. The Labute approximate surface area is 145 Å². The third-order valence-electron chi connectivity index (χ3n) is 4.54. The van der Waals surface area contributed by atoms with E-state index in [1.54, 1.807) is 19.4 Å². The molecule has 1 aromatic carbocycles. The monoisotopic (exact) mass is 349 g/mol. The second-order valence-corrected chi connectivity index (χ2v) is 6.39. The summed E-state index contributed by atoms with van der Waals surface area (Å²) >= 11 is 6.20. The highest BCUT2D eigenvalue weighted by atomic mass is 35.5. The van der Waals surface area contributed by atoms with Crippen LogP contribution in [0.5, 0.6) is 5.75 Å². The van der Waals surface area contributed by atoms with Crippen LogP contribution in [-0.2, 0) is 4.79 Å². The van der Waals surface area contributed by atoms with Crippen LogP contribution in [0.15, 0.2) is 41.0 Å². The number of hydrogen-bond acceptors (Lipinski definition) is 4. The van der Waals surface area contributed by atoms with Gasteiger partial charge in [-0.15, -0.1) is 0 Å². The van der Waals surface area contributed by atoms with Gasteiger partial charge >= 0.3 is 5.97 Å². The van der Waals surface area contributed by atoms with E-state index in [0.717, 1.165) is 17.1 Å². The Morgan fingerprint density at radius 1 is 1.38 bits per heavy atom. The molecule has 128 valence electrons. The molecule has 2 aromatic rings. The molecule has 5 nitrogen and oxygen atoms in total. The minimum Gasteiger partial charge on any atom is -0.496 e. The summed E-state index contributed by atoms with van der Waals surface area (Å²) in [5.41, 5.74) is 0.925. The van der Waals surface area contributed by atoms with Gasteiger partial charge in [-0.3, -0.25) is 9.69 Å². The van der Waals surface area contributed by atoms with Gasteiger partial charge in [0.2, 0.25) is 0 Å². The molecule has 1 unspecified atom stereocenters. The van der Waals surface area contributed by atoms with Gasteiger partial charge < -0.3 is 14.3 Å². The standard InChI is InChI=1S/C18H20ClNO4/c1-23-15-5-4-13(19)11-14(15)17(16-3-2-10-24-16)20-8-6-12(7-9-20)18(21)22/h2-5,10-12,17H,6-9H2,1H3,(H,21,22). The topological polar surface area (TPSA) is 62.9 Å². The zero-order chi connectivity index (χ0) is 17.1. The number of benzene rings is 1. The number of ether oxygens (including phenoxy) is 1. The Bertz CT molecular complexity index is 693. The van der Waals surface area contributed by atoms with Crippen LogP contribution in [0.3, 0.4) is 0 Å². The van der Waals surface area contributed by atoms with E-state index in [-0.39, 0.29) is 12.0 Å². The first-order chi connectivity index (χ1) is 11.6. The predicted molar refractivity (Wildman–Crippen MR) is 90.5 cm³/mol. The normalized spacial score (nSPS) is 17.6. The van der Waals surface area contributed by atoms with E-state index >= 15 is 0 Å². The highest BCUT2D eigenvalue weighted by molar-refractivity contribution is 6.30. The molecule has 1 fully saturated rings. The van der Waals surface area contributed by atoms with Crippen LogP contribution >= 0.6 is 11.6 Å². The minimum atomic E-state index is -0.718. The largest absolute Gasteiger partial charge is 0.496 e. The van der Waals surface area contributed by atoms with Crippen molar-refractivity contribution >= 4 is 17.6 Å². The Morgan fingerprint density at radius 3 is 2.71 bits per heavy atom. The lowest BCUT2D eigenvalue weighted by Crippen LogP contribution is -2.39. The van der Waals surface area contributed by atoms with Gasteiger partial charge in [0.05, 0.1) is 25.3 Å². The molecule has 0 bridgehead atoms. The Morgan fingerprint density at radius 2 is 2.12 bits per heavy atom. The summed E-state index contributed by atoms with van der Waals surface area (Å²) in [7, 11) is 1.63. The van der Waals surface area contributed by atoms with Crippen molar-refractivity contribution in [2.24, 2.45) is 5.92 Å². The number of methoxy groups -OCH3 is 1. The number of furan rings is 1. The number of nitrogens with zero attached hydrogens (tertiary/aromatic N) is 1. The van der Waals surface area contributed by atoms with Crippen LogP contribution in [0.4, 0.5) is 0 Å². The first-order valence-electron chi connectivity index (χ1n) is 7.94. The first kappa shape index (κ1) is 16.9.